The number of benzene rings is 2. The highest BCUT2D eigenvalue weighted by atomic mass is 35.5. The zero-order valence-electron chi connectivity index (χ0n) is 18.8. The number of hydrogen-bond donors (Lipinski definition) is 0. The summed E-state index contributed by atoms with van der Waals surface area (Å²) in [5.41, 5.74) is 1.93. The summed E-state index contributed by atoms with van der Waals surface area (Å²) < 4.78 is 11.1. The number of carbonyl (C=O) groups excluding carboxylic acids is 3. The lowest BCUT2D eigenvalue weighted by Gasteiger charge is -2.12. The number of furan rings is 1. The highest BCUT2D eigenvalue weighted by Gasteiger charge is 2.35. The highest BCUT2D eigenvalue weighted by Crippen LogP contribution is 2.35. The predicted octanol–water partition coefficient (Wildman–Crippen LogP) is 7.45. The van der Waals surface area contributed by atoms with Gasteiger partial charge in [0, 0.05) is 11.6 Å². The summed E-state index contributed by atoms with van der Waals surface area (Å²) in [5, 5.41) is 0.386. The maximum absolute atomic E-state index is 12.8. The van der Waals surface area contributed by atoms with Gasteiger partial charge >= 0.3 is 5.97 Å². The molecule has 0 aliphatic carbocycles. The van der Waals surface area contributed by atoms with Gasteiger partial charge in [0.05, 0.1) is 33.7 Å². The topological polar surface area (TPSA) is 76.8 Å². The Bertz CT molecular complexity index is 1300. The van der Waals surface area contributed by atoms with Crippen LogP contribution in [0.5, 0.6) is 0 Å². The molecule has 1 aliphatic heterocycles. The maximum atomic E-state index is 12.8. The van der Waals surface area contributed by atoms with Crippen LogP contribution < -0.4 is 0 Å². The second kappa shape index (κ2) is 11.2. The standard InChI is InChI=1S/C26H21Cl2NO5S/c1-2-3-12-33-25(31)18-7-5-17(6-8-18)22-11-9-19(34-22)14-23-24(30)29(26(32)35-23)15-16-4-10-20(27)21(28)13-16/h4-11,13-14H,2-3,12,15H2,1H3/b23-14-. The lowest BCUT2D eigenvalue weighted by molar-refractivity contribution is -0.123. The minimum absolute atomic E-state index is 0.0928. The Morgan fingerprint density at radius 3 is 2.54 bits per heavy atom. The number of carbonyl (C=O) groups is 3. The van der Waals surface area contributed by atoms with Crippen LogP contribution in [0.1, 0.15) is 41.4 Å². The zero-order chi connectivity index (χ0) is 24.9. The molecule has 0 atom stereocenters. The third kappa shape index (κ3) is 5.99. The van der Waals surface area contributed by atoms with Gasteiger partial charge < -0.3 is 9.15 Å². The fourth-order valence-corrected chi connectivity index (χ4v) is 4.47. The largest absolute Gasteiger partial charge is 0.462 e. The third-order valence-corrected chi connectivity index (χ3v) is 6.88. The van der Waals surface area contributed by atoms with Crippen molar-refractivity contribution in [2.75, 3.05) is 6.61 Å². The van der Waals surface area contributed by atoms with Crippen molar-refractivity contribution >= 4 is 58.2 Å². The molecule has 1 aliphatic rings. The van der Waals surface area contributed by atoms with Gasteiger partial charge in [0.2, 0.25) is 0 Å². The van der Waals surface area contributed by atoms with Crippen molar-refractivity contribution in [1.29, 1.82) is 0 Å². The summed E-state index contributed by atoms with van der Waals surface area (Å²) in [6, 6.07) is 15.4. The third-order valence-electron chi connectivity index (χ3n) is 5.23. The molecule has 4 rings (SSSR count). The van der Waals surface area contributed by atoms with Gasteiger partial charge in [-0.25, -0.2) is 4.79 Å². The predicted molar refractivity (Wildman–Crippen MR) is 137 cm³/mol. The second-order valence-corrected chi connectivity index (χ2v) is 9.59. The number of halogens is 2. The average molecular weight is 530 g/mol. The van der Waals surface area contributed by atoms with Crippen LogP contribution in [-0.4, -0.2) is 28.6 Å². The summed E-state index contributed by atoms with van der Waals surface area (Å²) in [6.45, 7) is 2.52. The van der Waals surface area contributed by atoms with Crippen LogP contribution in [0, 0.1) is 0 Å². The first kappa shape index (κ1) is 25.1. The minimum Gasteiger partial charge on any atom is -0.462 e. The van der Waals surface area contributed by atoms with Gasteiger partial charge in [0.15, 0.2) is 0 Å². The highest BCUT2D eigenvalue weighted by molar-refractivity contribution is 8.18. The molecule has 6 nitrogen and oxygen atoms in total. The normalized spacial score (nSPS) is 14.7. The molecule has 0 unspecified atom stereocenters. The summed E-state index contributed by atoms with van der Waals surface area (Å²) in [6.07, 6.45) is 3.33. The fraction of sp³-hybridized carbons (Fsp3) is 0.192. The lowest BCUT2D eigenvalue weighted by Crippen LogP contribution is -2.27. The van der Waals surface area contributed by atoms with Crippen molar-refractivity contribution in [2.45, 2.75) is 26.3 Å². The van der Waals surface area contributed by atoms with Crippen molar-refractivity contribution in [3.63, 3.8) is 0 Å². The van der Waals surface area contributed by atoms with E-state index < -0.39 is 5.91 Å². The molecule has 0 radical (unpaired) electrons. The van der Waals surface area contributed by atoms with Gasteiger partial charge in [0.25, 0.3) is 11.1 Å². The SMILES string of the molecule is CCCCOC(=O)c1ccc(-c2ccc(/C=C3\SC(=O)N(Cc4ccc(Cl)c(Cl)c4)C3=O)o2)cc1. The Morgan fingerprint density at radius 1 is 1.06 bits per heavy atom. The van der Waals surface area contributed by atoms with Gasteiger partial charge in [-0.1, -0.05) is 54.7 Å². The Morgan fingerprint density at radius 2 is 1.83 bits per heavy atom. The number of imide groups is 1. The molecule has 1 saturated heterocycles. The van der Waals surface area contributed by atoms with Crippen molar-refractivity contribution in [2.24, 2.45) is 0 Å². The molecule has 35 heavy (non-hydrogen) atoms. The Kier molecular flexibility index (Phi) is 8.00. The van der Waals surface area contributed by atoms with Crippen LogP contribution in [0.4, 0.5) is 4.79 Å². The quantitative estimate of drug-likeness (QED) is 0.171. The van der Waals surface area contributed by atoms with Gasteiger partial charge in [-0.2, -0.15) is 0 Å². The molecule has 0 bridgehead atoms. The van der Waals surface area contributed by atoms with E-state index >= 15 is 0 Å². The molecular weight excluding hydrogens is 509 g/mol. The van der Waals surface area contributed by atoms with E-state index in [2.05, 4.69) is 0 Å². The molecule has 180 valence electrons. The van der Waals surface area contributed by atoms with Crippen molar-refractivity contribution < 1.29 is 23.5 Å². The van der Waals surface area contributed by atoms with Crippen LogP contribution in [0.15, 0.2) is 63.9 Å². The lowest BCUT2D eigenvalue weighted by atomic mass is 10.1. The Hall–Kier alpha value is -3.00. The zero-order valence-corrected chi connectivity index (χ0v) is 21.1. The van der Waals surface area contributed by atoms with Crippen LogP contribution in [-0.2, 0) is 16.1 Å². The summed E-state index contributed by atoms with van der Waals surface area (Å²) in [4.78, 5) is 38.7. The molecule has 2 amide bonds. The van der Waals surface area contributed by atoms with Crippen molar-refractivity contribution in [3.8, 4) is 11.3 Å². The van der Waals surface area contributed by atoms with Gasteiger partial charge in [0.1, 0.15) is 11.5 Å². The van der Waals surface area contributed by atoms with Gasteiger partial charge in [-0.3, -0.25) is 14.5 Å². The van der Waals surface area contributed by atoms with E-state index in [-0.39, 0.29) is 22.7 Å². The van der Waals surface area contributed by atoms with Crippen molar-refractivity contribution in [1.82, 2.24) is 4.90 Å². The summed E-state index contributed by atoms with van der Waals surface area (Å²) in [7, 11) is 0. The first-order valence-corrected chi connectivity index (χ1v) is 12.5. The maximum Gasteiger partial charge on any atom is 0.338 e. The molecule has 2 heterocycles. The van der Waals surface area contributed by atoms with Gasteiger partial charge in [-0.15, -0.1) is 0 Å². The van der Waals surface area contributed by atoms with Crippen LogP contribution in [0.2, 0.25) is 10.0 Å². The number of unbranched alkanes of at least 4 members (excludes halogenated alkanes) is 1. The smallest absolute Gasteiger partial charge is 0.338 e. The number of esters is 1. The van der Waals surface area contributed by atoms with E-state index in [1.807, 2.05) is 6.92 Å². The Balaban J connectivity index is 1.44. The number of rotatable bonds is 8. The number of ether oxygens (including phenoxy) is 1. The number of hydrogen-bond acceptors (Lipinski definition) is 6. The van der Waals surface area contributed by atoms with Crippen LogP contribution in [0.25, 0.3) is 17.4 Å². The summed E-state index contributed by atoms with van der Waals surface area (Å²) in [5.74, 6) is 0.233. The molecule has 1 fully saturated rings. The molecule has 9 heteroatoms. The Labute approximate surface area is 216 Å². The monoisotopic (exact) mass is 529 g/mol. The second-order valence-electron chi connectivity index (χ2n) is 7.79. The first-order chi connectivity index (χ1) is 16.9. The molecular formula is C26H21Cl2NO5S. The van der Waals surface area contributed by atoms with E-state index in [9.17, 15) is 14.4 Å². The van der Waals surface area contributed by atoms with E-state index in [1.165, 1.54) is 0 Å². The van der Waals surface area contributed by atoms with Crippen LogP contribution in [0.3, 0.4) is 0 Å². The molecule has 1 aromatic heterocycles. The number of thioether (sulfide) groups is 1. The minimum atomic E-state index is -0.407. The molecule has 0 spiro atoms. The van der Waals surface area contributed by atoms with E-state index in [0.29, 0.717) is 39.3 Å². The van der Waals surface area contributed by atoms with Gasteiger partial charge in [-0.05, 0) is 60.1 Å². The summed E-state index contributed by atoms with van der Waals surface area (Å²) >= 11 is 12.8. The van der Waals surface area contributed by atoms with E-state index in [4.69, 9.17) is 32.4 Å². The molecule has 3 aromatic rings. The van der Waals surface area contributed by atoms with E-state index in [0.717, 1.165) is 35.1 Å². The molecule has 0 N–H and O–H groups in total. The van der Waals surface area contributed by atoms with E-state index in [1.54, 1.807) is 60.7 Å². The fourth-order valence-electron chi connectivity index (χ4n) is 3.33. The molecule has 0 saturated carbocycles. The first-order valence-electron chi connectivity index (χ1n) is 10.9. The average Bonchev–Trinajstić information content (AvgIpc) is 3.42. The number of nitrogens with zero attached hydrogens (tertiary/aromatic N) is 1. The number of amides is 2. The van der Waals surface area contributed by atoms with Crippen LogP contribution >= 0.6 is 35.0 Å². The van der Waals surface area contributed by atoms with Crippen molar-refractivity contribution in [3.05, 3.63) is 86.4 Å². The molecule has 2 aromatic carbocycles.